The number of fused-ring (bicyclic) bond motifs is 1. The van der Waals surface area contributed by atoms with Crippen molar-refractivity contribution in [3.63, 3.8) is 0 Å². The standard InChI is InChI=1S/C11H15F3N6O/c1-21-7-6-15-4-5-16-8-2-3-9-17-18-10(11(12,13)14)20(9)19-8/h2-3,15H,4-7H2,1H3,(H,16,19). The lowest BCUT2D eigenvalue weighted by atomic mass is 10.5. The molecular formula is C11H15F3N6O. The third-order valence-corrected chi connectivity index (χ3v) is 2.61. The first kappa shape index (κ1) is 15.4. The minimum atomic E-state index is -4.59. The summed E-state index contributed by atoms with van der Waals surface area (Å²) in [5.74, 6) is -0.819. The topological polar surface area (TPSA) is 76.4 Å². The molecule has 2 N–H and O–H groups in total. The van der Waals surface area contributed by atoms with E-state index in [-0.39, 0.29) is 5.65 Å². The van der Waals surface area contributed by atoms with E-state index >= 15 is 0 Å². The van der Waals surface area contributed by atoms with E-state index in [0.717, 1.165) is 0 Å². The molecule has 0 bridgehead atoms. The van der Waals surface area contributed by atoms with Gasteiger partial charge in [-0.1, -0.05) is 0 Å². The second kappa shape index (κ2) is 6.68. The van der Waals surface area contributed by atoms with Gasteiger partial charge in [0.1, 0.15) is 5.82 Å². The van der Waals surface area contributed by atoms with E-state index in [1.807, 2.05) is 0 Å². The first-order valence-corrected chi connectivity index (χ1v) is 6.25. The van der Waals surface area contributed by atoms with Gasteiger partial charge in [-0.3, -0.25) is 0 Å². The minimum absolute atomic E-state index is 0.0473. The molecule has 10 heteroatoms. The van der Waals surface area contributed by atoms with Crippen LogP contribution in [-0.4, -0.2) is 53.2 Å². The summed E-state index contributed by atoms with van der Waals surface area (Å²) in [5, 5.41) is 16.4. The Kier molecular flexibility index (Phi) is 4.91. The molecule has 0 aliphatic carbocycles. The van der Waals surface area contributed by atoms with E-state index in [1.165, 1.54) is 6.07 Å². The van der Waals surface area contributed by atoms with Crippen molar-refractivity contribution in [3.8, 4) is 0 Å². The van der Waals surface area contributed by atoms with Gasteiger partial charge in [0.25, 0.3) is 5.82 Å². The number of rotatable bonds is 7. The van der Waals surface area contributed by atoms with Crippen LogP contribution in [0.15, 0.2) is 12.1 Å². The average molecular weight is 304 g/mol. The highest BCUT2D eigenvalue weighted by Gasteiger charge is 2.37. The van der Waals surface area contributed by atoms with E-state index in [0.29, 0.717) is 36.6 Å². The van der Waals surface area contributed by atoms with Gasteiger partial charge >= 0.3 is 6.18 Å². The van der Waals surface area contributed by atoms with Gasteiger partial charge in [-0.05, 0) is 12.1 Å². The maximum absolute atomic E-state index is 12.7. The van der Waals surface area contributed by atoms with Crippen molar-refractivity contribution in [2.45, 2.75) is 6.18 Å². The first-order valence-electron chi connectivity index (χ1n) is 6.25. The summed E-state index contributed by atoms with van der Waals surface area (Å²) in [7, 11) is 1.61. The highest BCUT2D eigenvalue weighted by atomic mass is 19.4. The van der Waals surface area contributed by atoms with Crippen molar-refractivity contribution in [2.75, 3.05) is 38.7 Å². The van der Waals surface area contributed by atoms with Crippen LogP contribution in [0.25, 0.3) is 5.65 Å². The Hall–Kier alpha value is -1.94. The smallest absolute Gasteiger partial charge is 0.383 e. The molecule has 116 valence electrons. The van der Waals surface area contributed by atoms with E-state index < -0.39 is 12.0 Å². The lowest BCUT2D eigenvalue weighted by Gasteiger charge is -2.08. The summed E-state index contributed by atoms with van der Waals surface area (Å²) in [6.45, 7) is 2.46. The predicted molar refractivity (Wildman–Crippen MR) is 69.0 cm³/mol. The number of nitrogens with one attached hydrogen (secondary N) is 2. The largest absolute Gasteiger partial charge is 0.453 e. The Labute approximate surface area is 118 Å². The fraction of sp³-hybridized carbons (Fsp3) is 0.545. The molecule has 0 radical (unpaired) electrons. The monoisotopic (exact) mass is 304 g/mol. The number of nitrogens with zero attached hydrogens (tertiary/aromatic N) is 4. The molecule has 21 heavy (non-hydrogen) atoms. The van der Waals surface area contributed by atoms with E-state index in [1.54, 1.807) is 13.2 Å². The maximum atomic E-state index is 12.7. The second-order valence-electron chi connectivity index (χ2n) is 4.18. The first-order chi connectivity index (χ1) is 10.0. The molecule has 0 aliphatic heterocycles. The Morgan fingerprint density at radius 3 is 2.71 bits per heavy atom. The number of methoxy groups -OCH3 is 1. The van der Waals surface area contributed by atoms with Gasteiger partial charge in [0, 0.05) is 26.7 Å². The number of halogens is 3. The molecule has 0 fully saturated rings. The van der Waals surface area contributed by atoms with Crippen LogP contribution in [-0.2, 0) is 10.9 Å². The molecule has 0 saturated heterocycles. The fourth-order valence-electron chi connectivity index (χ4n) is 1.64. The molecule has 2 aromatic heterocycles. The molecule has 2 heterocycles. The van der Waals surface area contributed by atoms with Gasteiger partial charge in [-0.15, -0.1) is 15.3 Å². The van der Waals surface area contributed by atoms with Crippen LogP contribution in [0, 0.1) is 0 Å². The summed E-state index contributed by atoms with van der Waals surface area (Å²) >= 11 is 0. The molecule has 0 saturated carbocycles. The van der Waals surface area contributed by atoms with Gasteiger partial charge in [0.15, 0.2) is 5.65 Å². The summed E-state index contributed by atoms with van der Waals surface area (Å²) in [6, 6.07) is 2.98. The molecule has 0 amide bonds. The number of hydrogen-bond acceptors (Lipinski definition) is 6. The van der Waals surface area contributed by atoms with Crippen molar-refractivity contribution >= 4 is 11.5 Å². The van der Waals surface area contributed by atoms with Crippen LogP contribution in [0.5, 0.6) is 0 Å². The van der Waals surface area contributed by atoms with E-state index in [2.05, 4.69) is 25.9 Å². The van der Waals surface area contributed by atoms with Crippen LogP contribution >= 0.6 is 0 Å². The van der Waals surface area contributed by atoms with E-state index in [4.69, 9.17) is 4.74 Å². The molecule has 2 aromatic rings. The number of anilines is 1. The van der Waals surface area contributed by atoms with Gasteiger partial charge in [0.2, 0.25) is 0 Å². The fourth-order valence-corrected chi connectivity index (χ4v) is 1.64. The zero-order valence-corrected chi connectivity index (χ0v) is 11.3. The highest BCUT2D eigenvalue weighted by molar-refractivity contribution is 5.44. The van der Waals surface area contributed by atoms with Gasteiger partial charge in [0.05, 0.1) is 6.61 Å². The molecule has 2 rings (SSSR count). The molecule has 0 unspecified atom stereocenters. The number of ether oxygens (including phenoxy) is 1. The lowest BCUT2D eigenvalue weighted by Crippen LogP contribution is -2.25. The molecule has 0 aromatic carbocycles. The van der Waals surface area contributed by atoms with Gasteiger partial charge < -0.3 is 15.4 Å². The van der Waals surface area contributed by atoms with Crippen molar-refractivity contribution in [2.24, 2.45) is 0 Å². The average Bonchev–Trinajstić information content (AvgIpc) is 2.85. The lowest BCUT2D eigenvalue weighted by molar-refractivity contribution is -0.146. The predicted octanol–water partition coefficient (Wildman–Crippen LogP) is 0.791. The van der Waals surface area contributed by atoms with Crippen molar-refractivity contribution in [3.05, 3.63) is 18.0 Å². The quantitative estimate of drug-likeness (QED) is 0.737. The third kappa shape index (κ3) is 4.02. The third-order valence-electron chi connectivity index (χ3n) is 2.61. The van der Waals surface area contributed by atoms with Crippen LogP contribution in [0.4, 0.5) is 19.0 Å². The van der Waals surface area contributed by atoms with Gasteiger partial charge in [-0.25, -0.2) is 0 Å². The maximum Gasteiger partial charge on any atom is 0.453 e. The minimum Gasteiger partial charge on any atom is -0.383 e. The van der Waals surface area contributed by atoms with Crippen LogP contribution < -0.4 is 10.6 Å². The summed E-state index contributed by atoms with van der Waals surface area (Å²) in [6.07, 6.45) is -4.59. The number of aromatic nitrogens is 4. The zero-order valence-electron chi connectivity index (χ0n) is 11.3. The Morgan fingerprint density at radius 2 is 2.00 bits per heavy atom. The number of hydrogen-bond donors (Lipinski definition) is 2. The zero-order chi connectivity index (χ0) is 15.3. The van der Waals surface area contributed by atoms with Gasteiger partial charge in [-0.2, -0.15) is 17.7 Å². The van der Waals surface area contributed by atoms with Crippen LogP contribution in [0.1, 0.15) is 5.82 Å². The Balaban J connectivity index is 1.98. The summed E-state index contributed by atoms with van der Waals surface area (Å²) in [4.78, 5) is 0. The second-order valence-corrected chi connectivity index (χ2v) is 4.18. The highest BCUT2D eigenvalue weighted by Crippen LogP contribution is 2.27. The Bertz CT molecular complexity index is 585. The molecular weight excluding hydrogens is 289 g/mol. The molecule has 0 spiro atoms. The molecule has 0 atom stereocenters. The molecule has 7 nitrogen and oxygen atoms in total. The van der Waals surface area contributed by atoms with E-state index in [9.17, 15) is 13.2 Å². The summed E-state index contributed by atoms with van der Waals surface area (Å²) in [5.41, 5.74) is 0.0473. The van der Waals surface area contributed by atoms with Crippen LogP contribution in [0.2, 0.25) is 0 Å². The molecule has 0 aliphatic rings. The van der Waals surface area contributed by atoms with Crippen molar-refractivity contribution in [1.29, 1.82) is 0 Å². The number of alkyl halides is 3. The van der Waals surface area contributed by atoms with Crippen LogP contribution in [0.3, 0.4) is 0 Å². The SMILES string of the molecule is COCCNCCNc1ccc2nnc(C(F)(F)F)n2n1. The Morgan fingerprint density at radius 1 is 1.19 bits per heavy atom. The van der Waals surface area contributed by atoms with Crippen molar-refractivity contribution < 1.29 is 17.9 Å². The van der Waals surface area contributed by atoms with Crippen molar-refractivity contribution in [1.82, 2.24) is 25.1 Å². The summed E-state index contributed by atoms with van der Waals surface area (Å²) < 4.78 is 43.7. The normalized spacial score (nSPS) is 12.0.